The number of hydrogen-bond acceptors (Lipinski definition) is 3. The summed E-state index contributed by atoms with van der Waals surface area (Å²) in [7, 11) is 1.42. The van der Waals surface area contributed by atoms with Crippen LogP contribution in [0.3, 0.4) is 0 Å². The summed E-state index contributed by atoms with van der Waals surface area (Å²) in [5.41, 5.74) is 0.0356. The highest BCUT2D eigenvalue weighted by Crippen LogP contribution is 2.33. The molecule has 0 saturated carbocycles. The lowest BCUT2D eigenvalue weighted by Gasteiger charge is -2.22. The first-order valence-electron chi connectivity index (χ1n) is 6.33. The molecule has 0 unspecified atom stereocenters. The van der Waals surface area contributed by atoms with Crippen molar-refractivity contribution < 1.29 is 22.7 Å². The van der Waals surface area contributed by atoms with E-state index in [9.17, 15) is 18.0 Å². The van der Waals surface area contributed by atoms with E-state index in [1.54, 1.807) is 0 Å². The zero-order valence-corrected chi connectivity index (χ0v) is 11.6. The van der Waals surface area contributed by atoms with E-state index in [0.29, 0.717) is 5.75 Å². The van der Waals surface area contributed by atoms with Crippen LogP contribution in [0.25, 0.3) is 0 Å². The van der Waals surface area contributed by atoms with Crippen LogP contribution < -0.4 is 10.1 Å². The molecular formula is C15H13F3N2O2. The highest BCUT2D eigenvalue weighted by Gasteiger charge is 2.42. The van der Waals surface area contributed by atoms with Crippen molar-refractivity contribution in [2.24, 2.45) is 0 Å². The number of ether oxygens (including phenoxy) is 1. The van der Waals surface area contributed by atoms with Crippen LogP contribution in [0.2, 0.25) is 0 Å². The van der Waals surface area contributed by atoms with Gasteiger partial charge in [-0.2, -0.15) is 13.2 Å². The number of pyridine rings is 1. The van der Waals surface area contributed by atoms with Crippen molar-refractivity contribution in [3.8, 4) is 5.75 Å². The summed E-state index contributed by atoms with van der Waals surface area (Å²) in [6, 6.07) is 5.94. The number of halogens is 3. The summed E-state index contributed by atoms with van der Waals surface area (Å²) < 4.78 is 44.5. The Morgan fingerprint density at radius 3 is 2.23 bits per heavy atom. The summed E-state index contributed by atoms with van der Waals surface area (Å²) in [4.78, 5) is 15.7. The lowest BCUT2D eigenvalue weighted by atomic mass is 10.1. The van der Waals surface area contributed by atoms with E-state index in [4.69, 9.17) is 4.74 Å². The molecular weight excluding hydrogens is 297 g/mol. The van der Waals surface area contributed by atoms with E-state index in [-0.39, 0.29) is 11.1 Å². The van der Waals surface area contributed by atoms with Gasteiger partial charge in [0, 0.05) is 18.0 Å². The first-order valence-corrected chi connectivity index (χ1v) is 6.33. The smallest absolute Gasteiger partial charge is 0.412 e. The van der Waals surface area contributed by atoms with Gasteiger partial charge in [-0.3, -0.25) is 9.78 Å². The van der Waals surface area contributed by atoms with Crippen molar-refractivity contribution in [1.29, 1.82) is 0 Å². The summed E-state index contributed by atoms with van der Waals surface area (Å²) >= 11 is 0. The quantitative estimate of drug-likeness (QED) is 0.944. The SMILES string of the molecule is COc1ccc([C@@H](NC(=O)c2ccncc2)C(F)(F)F)cc1. The number of amides is 1. The summed E-state index contributed by atoms with van der Waals surface area (Å²) in [6.07, 6.45) is -1.94. The fourth-order valence-corrected chi connectivity index (χ4v) is 1.87. The van der Waals surface area contributed by atoms with Crippen LogP contribution in [0.5, 0.6) is 5.75 Å². The Balaban J connectivity index is 2.25. The molecule has 0 radical (unpaired) electrons. The van der Waals surface area contributed by atoms with E-state index >= 15 is 0 Å². The van der Waals surface area contributed by atoms with Crippen molar-refractivity contribution in [3.63, 3.8) is 0 Å². The first-order chi connectivity index (χ1) is 10.4. The molecule has 1 atom stereocenters. The van der Waals surface area contributed by atoms with Crippen LogP contribution >= 0.6 is 0 Å². The molecule has 2 aromatic rings. The van der Waals surface area contributed by atoms with Gasteiger partial charge in [0.2, 0.25) is 0 Å². The van der Waals surface area contributed by atoms with Gasteiger partial charge >= 0.3 is 6.18 Å². The zero-order chi connectivity index (χ0) is 16.2. The number of rotatable bonds is 4. The average molecular weight is 310 g/mol. The molecule has 1 aromatic carbocycles. The molecule has 1 amide bonds. The monoisotopic (exact) mass is 310 g/mol. The van der Waals surface area contributed by atoms with Crippen molar-refractivity contribution in [1.82, 2.24) is 10.3 Å². The Morgan fingerprint density at radius 1 is 1.14 bits per heavy atom. The molecule has 0 aliphatic heterocycles. The molecule has 0 fully saturated rings. The highest BCUT2D eigenvalue weighted by molar-refractivity contribution is 5.94. The topological polar surface area (TPSA) is 51.2 Å². The van der Waals surface area contributed by atoms with Gasteiger partial charge in [-0.15, -0.1) is 0 Å². The summed E-state index contributed by atoms with van der Waals surface area (Å²) in [5.74, 6) is -0.384. The van der Waals surface area contributed by atoms with E-state index < -0.39 is 18.1 Å². The number of carbonyl (C=O) groups excluding carboxylic acids is 1. The van der Waals surface area contributed by atoms with Gasteiger partial charge in [-0.25, -0.2) is 0 Å². The number of hydrogen-bond donors (Lipinski definition) is 1. The van der Waals surface area contributed by atoms with Gasteiger partial charge in [-0.1, -0.05) is 12.1 Å². The molecule has 4 nitrogen and oxygen atoms in total. The van der Waals surface area contributed by atoms with Crippen molar-refractivity contribution >= 4 is 5.91 Å². The van der Waals surface area contributed by atoms with Crippen molar-refractivity contribution in [2.75, 3.05) is 7.11 Å². The first kappa shape index (κ1) is 15.8. The van der Waals surface area contributed by atoms with E-state index in [2.05, 4.69) is 4.98 Å². The molecule has 0 spiro atoms. The van der Waals surface area contributed by atoms with Gasteiger partial charge in [0.25, 0.3) is 5.91 Å². The van der Waals surface area contributed by atoms with Gasteiger partial charge in [0.15, 0.2) is 6.04 Å². The fraction of sp³-hybridized carbons (Fsp3) is 0.200. The molecule has 0 saturated heterocycles. The minimum Gasteiger partial charge on any atom is -0.497 e. The van der Waals surface area contributed by atoms with Crippen molar-refractivity contribution in [3.05, 3.63) is 59.9 Å². The van der Waals surface area contributed by atoms with Gasteiger partial charge in [0.05, 0.1) is 7.11 Å². The maximum Gasteiger partial charge on any atom is 0.412 e. The third-order valence-electron chi connectivity index (χ3n) is 2.99. The normalized spacial score (nSPS) is 12.5. The summed E-state index contributed by atoms with van der Waals surface area (Å²) in [5, 5.41) is 1.99. The number of aromatic nitrogens is 1. The largest absolute Gasteiger partial charge is 0.497 e. The second-order valence-corrected chi connectivity index (χ2v) is 4.46. The molecule has 0 aliphatic carbocycles. The van der Waals surface area contributed by atoms with Gasteiger partial charge < -0.3 is 10.1 Å². The van der Waals surface area contributed by atoms with Crippen LogP contribution in [0.1, 0.15) is 22.0 Å². The number of alkyl halides is 3. The minimum atomic E-state index is -4.61. The lowest BCUT2D eigenvalue weighted by molar-refractivity contribution is -0.155. The van der Waals surface area contributed by atoms with Crippen molar-refractivity contribution in [2.45, 2.75) is 12.2 Å². The molecule has 1 N–H and O–H groups in total. The van der Waals surface area contributed by atoms with E-state index in [0.717, 1.165) is 0 Å². The number of carbonyl (C=O) groups is 1. The Labute approximate surface area is 124 Å². The van der Waals surface area contributed by atoms with Gasteiger partial charge in [0.1, 0.15) is 5.75 Å². The molecule has 2 rings (SSSR count). The Hall–Kier alpha value is -2.57. The Kier molecular flexibility index (Phi) is 4.65. The highest BCUT2D eigenvalue weighted by atomic mass is 19.4. The average Bonchev–Trinajstić information content (AvgIpc) is 2.52. The van der Waals surface area contributed by atoms with Crippen LogP contribution in [0.15, 0.2) is 48.8 Å². The molecule has 22 heavy (non-hydrogen) atoms. The Bertz CT molecular complexity index is 627. The van der Waals surface area contributed by atoms with Gasteiger partial charge in [-0.05, 0) is 29.8 Å². The summed E-state index contributed by atoms with van der Waals surface area (Å²) in [6.45, 7) is 0. The van der Waals surface area contributed by atoms with Crippen LogP contribution in [-0.2, 0) is 0 Å². The predicted octanol–water partition coefficient (Wildman–Crippen LogP) is 3.12. The standard InChI is InChI=1S/C15H13F3N2O2/c1-22-12-4-2-10(3-5-12)13(15(16,17)18)20-14(21)11-6-8-19-9-7-11/h2-9,13H,1H3,(H,20,21)/t13-/m1/s1. The number of benzene rings is 1. The predicted molar refractivity (Wildman–Crippen MR) is 73.5 cm³/mol. The molecule has 7 heteroatoms. The van der Waals surface area contributed by atoms with Crippen LogP contribution in [0.4, 0.5) is 13.2 Å². The minimum absolute atomic E-state index is 0.0734. The number of methoxy groups -OCH3 is 1. The van der Waals surface area contributed by atoms with E-state index in [1.165, 1.54) is 55.9 Å². The third-order valence-corrected chi connectivity index (χ3v) is 2.99. The Morgan fingerprint density at radius 2 is 1.73 bits per heavy atom. The van der Waals surface area contributed by atoms with E-state index in [1.807, 2.05) is 5.32 Å². The molecule has 1 aromatic heterocycles. The number of nitrogens with one attached hydrogen (secondary N) is 1. The molecule has 0 aliphatic rings. The fourth-order valence-electron chi connectivity index (χ4n) is 1.87. The molecule has 0 bridgehead atoms. The van der Waals surface area contributed by atoms with Crippen LogP contribution in [-0.4, -0.2) is 24.2 Å². The second-order valence-electron chi connectivity index (χ2n) is 4.46. The second kappa shape index (κ2) is 6.46. The maximum absolute atomic E-state index is 13.2. The zero-order valence-electron chi connectivity index (χ0n) is 11.6. The lowest BCUT2D eigenvalue weighted by Crippen LogP contribution is -2.38. The molecule has 1 heterocycles. The maximum atomic E-state index is 13.2. The third kappa shape index (κ3) is 3.75. The van der Waals surface area contributed by atoms with Crippen LogP contribution in [0, 0.1) is 0 Å². The number of nitrogens with zero attached hydrogens (tertiary/aromatic N) is 1. The molecule has 116 valence electrons.